The van der Waals surface area contributed by atoms with E-state index >= 15 is 0 Å². The first-order chi connectivity index (χ1) is 14.5. The first-order valence-electron chi connectivity index (χ1n) is 14.3. The summed E-state index contributed by atoms with van der Waals surface area (Å²) in [7, 11) is 0. The fourth-order valence-electron chi connectivity index (χ4n) is 5.16. The molecule has 0 fully saturated rings. The predicted molar refractivity (Wildman–Crippen MR) is 144 cm³/mol. The Labute approximate surface area is 192 Å². The maximum atomic E-state index is 12.5. The standard InChI is InChI=1S/C28H61OP/c1-5-9-13-17-21-25-30(29,26-22-18-14-10-6-2,27-23-19-15-11-7-3)28-24-20-16-12-8-4/h29H,5-28H2,1-4H3. The van der Waals surface area contributed by atoms with Gasteiger partial charge in [-0.05, 0) is 0 Å². The molecule has 1 nitrogen and oxygen atoms in total. The van der Waals surface area contributed by atoms with Crippen molar-refractivity contribution in [1.82, 2.24) is 0 Å². The van der Waals surface area contributed by atoms with Crippen molar-refractivity contribution in [3.63, 3.8) is 0 Å². The molecule has 2 heteroatoms. The summed E-state index contributed by atoms with van der Waals surface area (Å²) in [5.41, 5.74) is 0. The van der Waals surface area contributed by atoms with E-state index in [9.17, 15) is 4.89 Å². The monoisotopic (exact) mass is 444 g/mol. The summed E-state index contributed by atoms with van der Waals surface area (Å²) in [4.78, 5) is 12.5. The van der Waals surface area contributed by atoms with E-state index in [0.29, 0.717) is 0 Å². The first kappa shape index (κ1) is 30.4. The van der Waals surface area contributed by atoms with E-state index < -0.39 is 6.83 Å². The third kappa shape index (κ3) is 16.1. The topological polar surface area (TPSA) is 20.2 Å². The minimum absolute atomic E-state index is 1.19. The summed E-state index contributed by atoms with van der Waals surface area (Å²) in [6.45, 7) is 6.67. The summed E-state index contributed by atoms with van der Waals surface area (Å²) in [5.74, 6) is 0. The molecule has 0 rings (SSSR count). The Morgan fingerprint density at radius 3 is 0.733 bits per heavy atom. The second kappa shape index (κ2) is 20.0. The van der Waals surface area contributed by atoms with Crippen molar-refractivity contribution >= 4 is 6.83 Å². The van der Waals surface area contributed by atoms with Crippen LogP contribution in [0.1, 0.15) is 156 Å². The molecule has 0 aromatic heterocycles. The van der Waals surface area contributed by atoms with Crippen molar-refractivity contribution in [2.24, 2.45) is 0 Å². The quantitative estimate of drug-likeness (QED) is 0.116. The van der Waals surface area contributed by atoms with Gasteiger partial charge < -0.3 is 0 Å². The normalized spacial score (nSPS) is 13.4. The number of hydrogen-bond acceptors (Lipinski definition) is 1. The van der Waals surface area contributed by atoms with Gasteiger partial charge in [0.2, 0.25) is 0 Å². The van der Waals surface area contributed by atoms with Crippen LogP contribution in [0.4, 0.5) is 0 Å². The molecule has 0 aliphatic carbocycles. The van der Waals surface area contributed by atoms with Gasteiger partial charge in [-0.15, -0.1) is 0 Å². The average molecular weight is 445 g/mol. The first-order valence-corrected chi connectivity index (χ1v) is 17.2. The van der Waals surface area contributed by atoms with E-state index in [0.717, 1.165) is 0 Å². The van der Waals surface area contributed by atoms with Crippen LogP contribution < -0.4 is 0 Å². The van der Waals surface area contributed by atoms with Gasteiger partial charge in [0.05, 0.1) is 0 Å². The minimum atomic E-state index is -2.53. The molecule has 184 valence electrons. The molecule has 0 saturated heterocycles. The number of hydrogen-bond donors (Lipinski definition) is 1. The molecule has 0 spiro atoms. The van der Waals surface area contributed by atoms with Crippen molar-refractivity contribution in [2.75, 3.05) is 24.6 Å². The molecule has 1 N–H and O–H groups in total. The van der Waals surface area contributed by atoms with Crippen LogP contribution in [0.15, 0.2) is 0 Å². The van der Waals surface area contributed by atoms with Crippen LogP contribution in [0.5, 0.6) is 0 Å². The zero-order valence-corrected chi connectivity index (χ0v) is 22.8. The predicted octanol–water partition coefficient (Wildman–Crippen LogP) is 10.3. The molecular formula is C28H61OP. The van der Waals surface area contributed by atoms with Crippen LogP contribution in [-0.4, -0.2) is 29.5 Å². The molecule has 0 aliphatic heterocycles. The van der Waals surface area contributed by atoms with Gasteiger partial charge in [-0.3, -0.25) is 0 Å². The van der Waals surface area contributed by atoms with E-state index in [-0.39, 0.29) is 0 Å². The zero-order valence-electron chi connectivity index (χ0n) is 21.9. The molecule has 0 radical (unpaired) electrons. The zero-order chi connectivity index (χ0) is 22.4. The molecule has 0 heterocycles. The molecule has 0 aliphatic rings. The molecule has 0 bridgehead atoms. The van der Waals surface area contributed by atoms with Gasteiger partial charge in [-0.1, -0.05) is 0 Å². The van der Waals surface area contributed by atoms with Crippen molar-refractivity contribution in [3.05, 3.63) is 0 Å². The van der Waals surface area contributed by atoms with Gasteiger partial charge in [0, 0.05) is 0 Å². The Hall–Kier alpha value is 0.390. The van der Waals surface area contributed by atoms with Crippen molar-refractivity contribution in [2.45, 2.75) is 156 Å². The van der Waals surface area contributed by atoms with Crippen LogP contribution in [0.2, 0.25) is 0 Å². The van der Waals surface area contributed by atoms with Crippen LogP contribution in [-0.2, 0) is 0 Å². The summed E-state index contributed by atoms with van der Waals surface area (Å²) >= 11 is 0. The fraction of sp³-hybridized carbons (Fsp3) is 1.00. The SMILES string of the molecule is CCCCCCCP(O)(CCCCCCC)(CCCCCCC)CCCCCCC. The molecule has 0 atom stereocenters. The Kier molecular flexibility index (Phi) is 20.3. The van der Waals surface area contributed by atoms with E-state index in [4.69, 9.17) is 0 Å². The van der Waals surface area contributed by atoms with Gasteiger partial charge >= 0.3 is 192 Å². The van der Waals surface area contributed by atoms with E-state index in [1.54, 1.807) is 0 Å². The van der Waals surface area contributed by atoms with Crippen LogP contribution in [0.3, 0.4) is 0 Å². The summed E-state index contributed by atoms with van der Waals surface area (Å²) in [6.07, 6.45) is 31.4. The summed E-state index contributed by atoms with van der Waals surface area (Å²) < 4.78 is 0. The molecule has 0 unspecified atom stereocenters. The second-order valence-corrected chi connectivity index (χ2v) is 16.1. The van der Waals surface area contributed by atoms with Crippen molar-refractivity contribution < 1.29 is 4.89 Å². The fourth-order valence-corrected chi connectivity index (χ4v) is 10.6. The van der Waals surface area contributed by atoms with Crippen molar-refractivity contribution in [3.8, 4) is 0 Å². The Bertz CT molecular complexity index is 287. The van der Waals surface area contributed by atoms with Crippen molar-refractivity contribution in [1.29, 1.82) is 0 Å². The van der Waals surface area contributed by atoms with E-state index in [1.807, 2.05) is 0 Å². The van der Waals surface area contributed by atoms with Gasteiger partial charge in [-0.2, -0.15) is 0 Å². The van der Waals surface area contributed by atoms with Gasteiger partial charge in [0.1, 0.15) is 0 Å². The number of rotatable bonds is 24. The Balaban J connectivity index is 4.98. The third-order valence-corrected chi connectivity index (χ3v) is 13.2. The number of unbranched alkanes of at least 4 members (excludes halogenated alkanes) is 16. The summed E-state index contributed by atoms with van der Waals surface area (Å²) in [6, 6.07) is 0. The molecule has 0 aromatic carbocycles. The second-order valence-electron chi connectivity index (χ2n) is 10.5. The molecule has 0 aromatic rings. The van der Waals surface area contributed by atoms with Gasteiger partial charge in [0.25, 0.3) is 0 Å². The Morgan fingerprint density at radius 2 is 0.533 bits per heavy atom. The third-order valence-electron chi connectivity index (χ3n) is 7.34. The van der Waals surface area contributed by atoms with Gasteiger partial charge in [0.15, 0.2) is 0 Å². The van der Waals surface area contributed by atoms with E-state index in [2.05, 4.69) is 27.7 Å². The van der Waals surface area contributed by atoms with Crippen LogP contribution in [0, 0.1) is 0 Å². The summed E-state index contributed by atoms with van der Waals surface area (Å²) in [5, 5.41) is 0. The maximum absolute atomic E-state index is 12.5. The van der Waals surface area contributed by atoms with Crippen LogP contribution in [0.25, 0.3) is 0 Å². The van der Waals surface area contributed by atoms with Crippen LogP contribution >= 0.6 is 6.83 Å². The molecule has 0 saturated carbocycles. The van der Waals surface area contributed by atoms with E-state index in [1.165, 1.54) is 153 Å². The molecular weight excluding hydrogens is 383 g/mol. The van der Waals surface area contributed by atoms with Gasteiger partial charge in [-0.25, -0.2) is 0 Å². The average Bonchev–Trinajstić information content (AvgIpc) is 2.74. The molecule has 30 heavy (non-hydrogen) atoms. The molecule has 0 amide bonds. The Morgan fingerprint density at radius 1 is 0.333 bits per heavy atom.